The van der Waals surface area contributed by atoms with E-state index in [4.69, 9.17) is 16.9 Å². The van der Waals surface area contributed by atoms with E-state index in [-0.39, 0.29) is 0 Å². The highest BCUT2D eigenvalue weighted by Crippen LogP contribution is 2.17. The molecule has 0 saturated heterocycles. The van der Waals surface area contributed by atoms with Crippen molar-refractivity contribution in [1.29, 1.82) is 5.26 Å². The van der Waals surface area contributed by atoms with E-state index in [2.05, 4.69) is 5.32 Å². The van der Waals surface area contributed by atoms with E-state index in [0.717, 1.165) is 11.6 Å². The number of hydrogen-bond acceptors (Lipinski definition) is 2. The number of rotatable bonds is 5. The zero-order chi connectivity index (χ0) is 15.2. The van der Waals surface area contributed by atoms with E-state index in [9.17, 15) is 8.78 Å². The molecule has 0 atom stereocenters. The molecule has 0 amide bonds. The first-order valence-electron chi connectivity index (χ1n) is 6.42. The van der Waals surface area contributed by atoms with Crippen LogP contribution in [0.25, 0.3) is 0 Å². The lowest BCUT2D eigenvalue weighted by molar-refractivity contribution is 0.577. The fourth-order valence-corrected chi connectivity index (χ4v) is 2.22. The molecule has 108 valence electrons. The van der Waals surface area contributed by atoms with Crippen LogP contribution in [-0.2, 0) is 13.0 Å². The van der Waals surface area contributed by atoms with E-state index < -0.39 is 11.6 Å². The van der Waals surface area contributed by atoms with Gasteiger partial charge in [-0.05, 0) is 48.4 Å². The second kappa shape index (κ2) is 7.16. The van der Waals surface area contributed by atoms with Crippen molar-refractivity contribution in [2.24, 2.45) is 0 Å². The van der Waals surface area contributed by atoms with E-state index in [1.807, 2.05) is 6.07 Å². The van der Waals surface area contributed by atoms with E-state index in [0.29, 0.717) is 35.7 Å². The van der Waals surface area contributed by atoms with Crippen molar-refractivity contribution in [3.63, 3.8) is 0 Å². The Balaban J connectivity index is 1.86. The average molecular weight is 307 g/mol. The molecule has 0 aliphatic heterocycles. The van der Waals surface area contributed by atoms with E-state index >= 15 is 0 Å². The van der Waals surface area contributed by atoms with Crippen molar-refractivity contribution in [3.8, 4) is 6.07 Å². The maximum absolute atomic E-state index is 13.0. The average Bonchev–Trinajstić information content (AvgIpc) is 2.43. The third kappa shape index (κ3) is 4.52. The van der Waals surface area contributed by atoms with Gasteiger partial charge in [-0.2, -0.15) is 5.26 Å². The number of benzene rings is 2. The lowest BCUT2D eigenvalue weighted by Gasteiger charge is -2.07. The summed E-state index contributed by atoms with van der Waals surface area (Å²) >= 11 is 6.06. The number of hydrogen-bond donors (Lipinski definition) is 1. The van der Waals surface area contributed by atoms with Crippen LogP contribution in [0.3, 0.4) is 0 Å². The van der Waals surface area contributed by atoms with Crippen LogP contribution < -0.4 is 5.32 Å². The van der Waals surface area contributed by atoms with Crippen molar-refractivity contribution < 1.29 is 8.78 Å². The third-order valence-electron chi connectivity index (χ3n) is 3.01. The molecular formula is C16H13ClF2N2. The predicted molar refractivity (Wildman–Crippen MR) is 77.9 cm³/mol. The van der Waals surface area contributed by atoms with Gasteiger partial charge in [0.25, 0.3) is 0 Å². The molecule has 0 unspecified atom stereocenters. The van der Waals surface area contributed by atoms with E-state index in [1.165, 1.54) is 12.1 Å². The van der Waals surface area contributed by atoms with Crippen LogP contribution in [0.5, 0.6) is 0 Å². The van der Waals surface area contributed by atoms with Crippen molar-refractivity contribution in [1.82, 2.24) is 5.32 Å². The monoisotopic (exact) mass is 306 g/mol. The topological polar surface area (TPSA) is 35.8 Å². The molecule has 0 saturated carbocycles. The molecule has 2 nitrogen and oxygen atoms in total. The van der Waals surface area contributed by atoms with Crippen molar-refractivity contribution in [3.05, 3.63) is 69.7 Å². The highest BCUT2D eigenvalue weighted by Gasteiger charge is 2.03. The molecule has 0 spiro atoms. The van der Waals surface area contributed by atoms with Crippen LogP contribution in [-0.4, -0.2) is 6.54 Å². The predicted octanol–water partition coefficient (Wildman–Crippen LogP) is 3.82. The quantitative estimate of drug-likeness (QED) is 0.852. The largest absolute Gasteiger partial charge is 0.312 e. The lowest BCUT2D eigenvalue weighted by atomic mass is 10.1. The normalized spacial score (nSPS) is 10.4. The van der Waals surface area contributed by atoms with Gasteiger partial charge in [0.1, 0.15) is 11.6 Å². The van der Waals surface area contributed by atoms with Crippen LogP contribution in [0.15, 0.2) is 36.4 Å². The van der Waals surface area contributed by atoms with Crippen molar-refractivity contribution in [2.75, 3.05) is 6.54 Å². The Morgan fingerprint density at radius 1 is 1.10 bits per heavy atom. The Hall–Kier alpha value is -1.96. The SMILES string of the molecule is N#Cc1ccc(CNCCc2cc(F)cc(F)c2)c(Cl)c1. The molecule has 2 aromatic rings. The van der Waals surface area contributed by atoms with Gasteiger partial charge in [-0.15, -0.1) is 0 Å². The minimum Gasteiger partial charge on any atom is -0.312 e. The minimum atomic E-state index is -0.569. The number of nitrogens with zero attached hydrogens (tertiary/aromatic N) is 1. The minimum absolute atomic E-state index is 0.513. The Bertz CT molecular complexity index is 660. The summed E-state index contributed by atoms with van der Waals surface area (Å²) in [7, 11) is 0. The maximum Gasteiger partial charge on any atom is 0.126 e. The highest BCUT2D eigenvalue weighted by atomic mass is 35.5. The summed E-state index contributed by atoms with van der Waals surface area (Å²) in [6.07, 6.45) is 0.516. The van der Waals surface area contributed by atoms with Gasteiger partial charge >= 0.3 is 0 Å². The number of nitriles is 1. The smallest absolute Gasteiger partial charge is 0.126 e. The van der Waals surface area contributed by atoms with E-state index in [1.54, 1.807) is 18.2 Å². The van der Waals surface area contributed by atoms with Gasteiger partial charge in [-0.3, -0.25) is 0 Å². The van der Waals surface area contributed by atoms with Gasteiger partial charge in [0.15, 0.2) is 0 Å². The summed E-state index contributed by atoms with van der Waals surface area (Å²) in [5, 5.41) is 12.4. The van der Waals surface area contributed by atoms with Crippen LogP contribution in [0.4, 0.5) is 8.78 Å². The highest BCUT2D eigenvalue weighted by molar-refractivity contribution is 6.31. The summed E-state index contributed by atoms with van der Waals surface area (Å²) in [5.41, 5.74) is 1.99. The fourth-order valence-electron chi connectivity index (χ4n) is 1.97. The molecule has 1 N–H and O–H groups in total. The lowest BCUT2D eigenvalue weighted by Crippen LogP contribution is -2.17. The van der Waals surface area contributed by atoms with Gasteiger partial charge in [-0.1, -0.05) is 17.7 Å². The molecule has 21 heavy (non-hydrogen) atoms. The number of nitrogens with one attached hydrogen (secondary N) is 1. The molecule has 0 aliphatic carbocycles. The first-order valence-corrected chi connectivity index (χ1v) is 6.80. The van der Waals surface area contributed by atoms with Crippen molar-refractivity contribution in [2.45, 2.75) is 13.0 Å². The molecule has 5 heteroatoms. The van der Waals surface area contributed by atoms with Crippen LogP contribution in [0.1, 0.15) is 16.7 Å². The molecule has 0 fully saturated rings. The summed E-state index contributed by atoms with van der Waals surface area (Å²) < 4.78 is 26.0. The van der Waals surface area contributed by atoms with Crippen LogP contribution >= 0.6 is 11.6 Å². The first kappa shape index (κ1) is 15.4. The molecule has 2 aromatic carbocycles. The molecule has 0 heterocycles. The Morgan fingerprint density at radius 2 is 1.81 bits per heavy atom. The molecule has 0 aliphatic rings. The third-order valence-corrected chi connectivity index (χ3v) is 3.36. The molecule has 0 radical (unpaired) electrons. The zero-order valence-corrected chi connectivity index (χ0v) is 11.9. The van der Waals surface area contributed by atoms with Gasteiger partial charge in [0.2, 0.25) is 0 Å². The van der Waals surface area contributed by atoms with Gasteiger partial charge in [-0.25, -0.2) is 8.78 Å². The molecule has 2 rings (SSSR count). The van der Waals surface area contributed by atoms with Gasteiger partial charge in [0, 0.05) is 17.6 Å². The Morgan fingerprint density at radius 3 is 2.43 bits per heavy atom. The molecular weight excluding hydrogens is 294 g/mol. The zero-order valence-electron chi connectivity index (χ0n) is 11.2. The maximum atomic E-state index is 13.0. The fraction of sp³-hybridized carbons (Fsp3) is 0.188. The molecule has 0 aromatic heterocycles. The van der Waals surface area contributed by atoms with Crippen molar-refractivity contribution >= 4 is 11.6 Å². The van der Waals surface area contributed by atoms with Crippen LogP contribution in [0, 0.1) is 23.0 Å². The first-order chi connectivity index (χ1) is 10.1. The van der Waals surface area contributed by atoms with Gasteiger partial charge < -0.3 is 5.32 Å². The standard InChI is InChI=1S/C16H13ClF2N2/c17-16-7-12(9-20)1-2-13(16)10-21-4-3-11-5-14(18)8-15(19)6-11/h1-2,5-8,21H,3-4,10H2. The summed E-state index contributed by atoms with van der Waals surface area (Å²) in [6, 6.07) is 10.6. The Kier molecular flexibility index (Phi) is 5.26. The second-order valence-corrected chi connectivity index (χ2v) is 5.03. The van der Waals surface area contributed by atoms with Crippen LogP contribution in [0.2, 0.25) is 5.02 Å². The second-order valence-electron chi connectivity index (χ2n) is 4.62. The molecule has 0 bridgehead atoms. The van der Waals surface area contributed by atoms with Gasteiger partial charge in [0.05, 0.1) is 11.6 Å². The summed E-state index contributed by atoms with van der Waals surface area (Å²) in [4.78, 5) is 0. The Labute approximate surface area is 127 Å². The summed E-state index contributed by atoms with van der Waals surface area (Å²) in [5.74, 6) is -1.14. The number of halogens is 3. The summed E-state index contributed by atoms with van der Waals surface area (Å²) in [6.45, 7) is 1.10.